The second-order valence-corrected chi connectivity index (χ2v) is 5.34. The van der Waals surface area contributed by atoms with Crippen LogP contribution in [0.25, 0.3) is 21.6 Å². The summed E-state index contributed by atoms with van der Waals surface area (Å²) in [6.07, 6.45) is 3.37. The monoisotopic (exact) mass is 292 g/mol. The average molecular weight is 293 g/mol. The highest BCUT2D eigenvalue weighted by atomic mass is 79.9. The molecule has 0 aliphatic carbocycles. The van der Waals surface area contributed by atoms with Crippen LogP contribution in [0.2, 0.25) is 0 Å². The van der Waals surface area contributed by atoms with Gasteiger partial charge in [-0.3, -0.25) is 9.97 Å². The number of hydrogen-bond acceptors (Lipinski definition) is 5. The summed E-state index contributed by atoms with van der Waals surface area (Å²) in [5, 5.41) is 8.87. The van der Waals surface area contributed by atoms with Gasteiger partial charge < -0.3 is 0 Å². The van der Waals surface area contributed by atoms with Crippen molar-refractivity contribution in [2.75, 3.05) is 0 Å². The number of para-hydroxylation sites is 1. The Kier molecular flexibility index (Phi) is 2.37. The normalized spacial score (nSPS) is 10.8. The smallest absolute Gasteiger partial charge is 0.183 e. The molecule has 0 unspecified atom stereocenters. The molecule has 4 nitrogen and oxygen atoms in total. The zero-order valence-corrected chi connectivity index (χ0v) is 10.4. The number of aromatic nitrogens is 4. The first kappa shape index (κ1) is 9.80. The third-order valence-electron chi connectivity index (χ3n) is 2.13. The fourth-order valence-electron chi connectivity index (χ4n) is 1.48. The molecular formula is C10H5BrN4S. The van der Waals surface area contributed by atoms with E-state index >= 15 is 0 Å². The molecule has 0 amide bonds. The van der Waals surface area contributed by atoms with Gasteiger partial charge in [-0.2, -0.15) is 0 Å². The fourth-order valence-corrected chi connectivity index (χ4v) is 2.62. The van der Waals surface area contributed by atoms with Crippen LogP contribution in [0.3, 0.4) is 0 Å². The third kappa shape index (κ3) is 1.60. The van der Waals surface area contributed by atoms with Gasteiger partial charge in [-0.25, -0.2) is 0 Å². The number of hydrogen-bond donors (Lipinski definition) is 0. The summed E-state index contributed by atoms with van der Waals surface area (Å²) in [7, 11) is 0. The molecule has 6 heteroatoms. The lowest BCUT2D eigenvalue weighted by Gasteiger charge is -1.99. The second kappa shape index (κ2) is 3.88. The third-order valence-corrected chi connectivity index (χ3v) is 3.52. The van der Waals surface area contributed by atoms with E-state index in [2.05, 4.69) is 36.1 Å². The van der Waals surface area contributed by atoms with Crippen molar-refractivity contribution >= 4 is 38.3 Å². The van der Waals surface area contributed by atoms with Crippen molar-refractivity contribution in [1.82, 2.24) is 20.2 Å². The second-order valence-electron chi connectivity index (χ2n) is 3.09. The summed E-state index contributed by atoms with van der Waals surface area (Å²) in [6, 6.07) is 5.85. The maximum absolute atomic E-state index is 4.33. The average Bonchev–Trinajstić information content (AvgIpc) is 2.75. The molecule has 0 N–H and O–H groups in total. The lowest BCUT2D eigenvalue weighted by atomic mass is 10.2. The van der Waals surface area contributed by atoms with Crippen molar-refractivity contribution in [3.05, 3.63) is 34.5 Å². The van der Waals surface area contributed by atoms with Crippen molar-refractivity contribution in [3.8, 4) is 10.6 Å². The van der Waals surface area contributed by atoms with Crippen LogP contribution in [0.15, 0.2) is 34.5 Å². The van der Waals surface area contributed by atoms with Gasteiger partial charge in [0.1, 0.15) is 0 Å². The van der Waals surface area contributed by atoms with E-state index in [0.717, 1.165) is 25.5 Å². The van der Waals surface area contributed by atoms with E-state index in [4.69, 9.17) is 0 Å². The SMILES string of the molecule is Brc1nnc(-c2cccc3nccnc23)s1. The Bertz CT molecular complexity index is 647. The predicted octanol–water partition coefficient (Wildman–Crippen LogP) is 2.91. The van der Waals surface area contributed by atoms with Crippen LogP contribution in [0.4, 0.5) is 0 Å². The molecule has 78 valence electrons. The molecule has 2 heterocycles. The summed E-state index contributed by atoms with van der Waals surface area (Å²) in [6.45, 7) is 0. The van der Waals surface area contributed by atoms with Crippen LogP contribution >= 0.6 is 27.3 Å². The molecular weight excluding hydrogens is 288 g/mol. The summed E-state index contributed by atoms with van der Waals surface area (Å²) >= 11 is 4.78. The van der Waals surface area contributed by atoms with Crippen LogP contribution in [-0.2, 0) is 0 Å². The molecule has 16 heavy (non-hydrogen) atoms. The molecule has 0 fully saturated rings. The minimum atomic E-state index is 0.767. The van der Waals surface area contributed by atoms with Gasteiger partial charge >= 0.3 is 0 Å². The topological polar surface area (TPSA) is 51.6 Å². The van der Waals surface area contributed by atoms with Crippen LogP contribution in [0.1, 0.15) is 0 Å². The van der Waals surface area contributed by atoms with Gasteiger partial charge in [0, 0.05) is 18.0 Å². The van der Waals surface area contributed by atoms with E-state index in [1.807, 2.05) is 18.2 Å². The first-order chi connectivity index (χ1) is 7.84. The van der Waals surface area contributed by atoms with Crippen molar-refractivity contribution in [2.45, 2.75) is 0 Å². The Hall–Kier alpha value is -1.40. The molecule has 0 spiro atoms. The van der Waals surface area contributed by atoms with E-state index in [-0.39, 0.29) is 0 Å². The van der Waals surface area contributed by atoms with E-state index in [1.54, 1.807) is 12.4 Å². The fraction of sp³-hybridized carbons (Fsp3) is 0. The van der Waals surface area contributed by atoms with E-state index < -0.39 is 0 Å². The molecule has 2 aromatic heterocycles. The molecule has 1 aromatic carbocycles. The summed E-state index contributed by atoms with van der Waals surface area (Å²) in [5.74, 6) is 0. The molecule has 3 rings (SSSR count). The number of rotatable bonds is 1. The largest absolute Gasteiger partial charge is 0.253 e. The molecule has 3 aromatic rings. The van der Waals surface area contributed by atoms with Crippen LogP contribution in [0, 0.1) is 0 Å². The maximum atomic E-state index is 4.33. The highest BCUT2D eigenvalue weighted by Gasteiger charge is 2.09. The minimum Gasteiger partial charge on any atom is -0.253 e. The lowest BCUT2D eigenvalue weighted by Crippen LogP contribution is -1.86. The Morgan fingerprint density at radius 3 is 2.75 bits per heavy atom. The van der Waals surface area contributed by atoms with Crippen LogP contribution < -0.4 is 0 Å². The van der Waals surface area contributed by atoms with Gasteiger partial charge in [0.25, 0.3) is 0 Å². The molecule has 0 saturated heterocycles. The Morgan fingerprint density at radius 1 is 1.06 bits per heavy atom. The van der Waals surface area contributed by atoms with Gasteiger partial charge in [0.05, 0.1) is 11.0 Å². The van der Waals surface area contributed by atoms with Gasteiger partial charge in [0.2, 0.25) is 0 Å². The van der Waals surface area contributed by atoms with Crippen molar-refractivity contribution in [2.24, 2.45) is 0 Å². The molecule has 0 bridgehead atoms. The highest BCUT2D eigenvalue weighted by molar-refractivity contribution is 9.11. The molecule has 0 aliphatic rings. The zero-order chi connectivity index (χ0) is 11.0. The van der Waals surface area contributed by atoms with Crippen molar-refractivity contribution < 1.29 is 0 Å². The Labute approximate surface area is 104 Å². The Balaban J connectivity index is 2.31. The standard InChI is InChI=1S/C10H5BrN4S/c11-10-15-14-9(16-10)6-2-1-3-7-8(6)13-5-4-12-7/h1-5H. The number of fused-ring (bicyclic) bond motifs is 1. The van der Waals surface area contributed by atoms with Crippen molar-refractivity contribution in [3.63, 3.8) is 0 Å². The number of benzene rings is 1. The van der Waals surface area contributed by atoms with Crippen LogP contribution in [-0.4, -0.2) is 20.2 Å². The quantitative estimate of drug-likeness (QED) is 0.692. The van der Waals surface area contributed by atoms with Gasteiger partial charge in [-0.05, 0) is 28.1 Å². The lowest BCUT2D eigenvalue weighted by molar-refractivity contribution is 1.08. The first-order valence-corrected chi connectivity index (χ1v) is 6.14. The molecule has 0 saturated carbocycles. The predicted molar refractivity (Wildman–Crippen MR) is 66.1 cm³/mol. The summed E-state index contributed by atoms with van der Waals surface area (Å²) < 4.78 is 0.767. The highest BCUT2D eigenvalue weighted by Crippen LogP contribution is 2.30. The molecule has 0 atom stereocenters. The Morgan fingerprint density at radius 2 is 1.94 bits per heavy atom. The zero-order valence-electron chi connectivity index (χ0n) is 7.96. The molecule has 0 radical (unpaired) electrons. The molecule has 0 aliphatic heterocycles. The van der Waals surface area contributed by atoms with Crippen molar-refractivity contribution in [1.29, 1.82) is 0 Å². The van der Waals surface area contributed by atoms with E-state index in [9.17, 15) is 0 Å². The maximum Gasteiger partial charge on any atom is 0.183 e. The minimum absolute atomic E-state index is 0.767. The van der Waals surface area contributed by atoms with Gasteiger partial charge in [-0.15, -0.1) is 10.2 Å². The number of halogens is 1. The first-order valence-electron chi connectivity index (χ1n) is 4.54. The van der Waals surface area contributed by atoms with Gasteiger partial charge in [0.15, 0.2) is 8.92 Å². The number of nitrogens with zero attached hydrogens (tertiary/aromatic N) is 4. The summed E-state index contributed by atoms with van der Waals surface area (Å²) in [5.41, 5.74) is 2.69. The van der Waals surface area contributed by atoms with E-state index in [1.165, 1.54) is 11.3 Å². The van der Waals surface area contributed by atoms with E-state index in [0.29, 0.717) is 0 Å². The summed E-state index contributed by atoms with van der Waals surface area (Å²) in [4.78, 5) is 8.58. The van der Waals surface area contributed by atoms with Gasteiger partial charge in [-0.1, -0.05) is 17.4 Å². The van der Waals surface area contributed by atoms with Crippen LogP contribution in [0.5, 0.6) is 0 Å².